The van der Waals surface area contributed by atoms with Crippen molar-refractivity contribution < 1.29 is 13.9 Å². The summed E-state index contributed by atoms with van der Waals surface area (Å²) in [6.45, 7) is 0.749. The SMILES string of the molecule is CNc1ncc(-c2nc3cc(OCC4CC4)ccc3o2)c2cc(NC(=O)C3CC3)ncc12. The first-order chi connectivity index (χ1) is 15.7. The van der Waals surface area contributed by atoms with Crippen LogP contribution in [0.2, 0.25) is 0 Å². The van der Waals surface area contributed by atoms with Crippen LogP contribution in [0.25, 0.3) is 33.3 Å². The standard InChI is InChI=1S/C24H23N5O3/c1-25-22-17-10-26-21(29-23(30)14-4-5-14)9-16(17)18(11-27-22)24-28-19-8-15(6-7-20(19)32-24)31-12-13-2-3-13/h6-11,13-14H,2-5,12H2,1H3,(H,25,27)(H,26,29,30). The van der Waals surface area contributed by atoms with Gasteiger partial charge in [0.1, 0.15) is 22.9 Å². The van der Waals surface area contributed by atoms with Gasteiger partial charge in [0.25, 0.3) is 0 Å². The molecule has 6 rings (SSSR count). The normalized spacial score (nSPS) is 15.8. The second-order valence-corrected chi connectivity index (χ2v) is 8.55. The zero-order chi connectivity index (χ0) is 21.7. The third-order valence-corrected chi connectivity index (χ3v) is 5.98. The minimum absolute atomic E-state index is 0.0156. The molecular formula is C24H23N5O3. The van der Waals surface area contributed by atoms with Gasteiger partial charge < -0.3 is 19.8 Å². The first kappa shape index (κ1) is 19.0. The van der Waals surface area contributed by atoms with E-state index in [4.69, 9.17) is 14.1 Å². The monoisotopic (exact) mass is 429 g/mol. The van der Waals surface area contributed by atoms with Crippen LogP contribution in [0, 0.1) is 11.8 Å². The highest BCUT2D eigenvalue weighted by Gasteiger charge is 2.30. The summed E-state index contributed by atoms with van der Waals surface area (Å²) < 4.78 is 11.9. The van der Waals surface area contributed by atoms with Crippen LogP contribution in [0.4, 0.5) is 11.6 Å². The Labute approximate surface area is 184 Å². The summed E-state index contributed by atoms with van der Waals surface area (Å²) in [4.78, 5) is 25.9. The van der Waals surface area contributed by atoms with Gasteiger partial charge in [0.05, 0.1) is 12.2 Å². The van der Waals surface area contributed by atoms with E-state index in [1.54, 1.807) is 12.4 Å². The van der Waals surface area contributed by atoms with E-state index in [1.807, 2.05) is 31.3 Å². The predicted octanol–water partition coefficient (Wildman–Crippen LogP) is 4.62. The van der Waals surface area contributed by atoms with Gasteiger partial charge in [-0.2, -0.15) is 0 Å². The molecule has 8 heteroatoms. The maximum absolute atomic E-state index is 12.2. The van der Waals surface area contributed by atoms with E-state index in [0.717, 1.165) is 47.1 Å². The van der Waals surface area contributed by atoms with Crippen molar-refractivity contribution >= 4 is 39.4 Å². The number of pyridine rings is 2. The smallest absolute Gasteiger partial charge is 0.229 e. The highest BCUT2D eigenvalue weighted by atomic mass is 16.5. The molecule has 2 fully saturated rings. The maximum Gasteiger partial charge on any atom is 0.229 e. The van der Waals surface area contributed by atoms with Gasteiger partial charge in [0.2, 0.25) is 11.8 Å². The molecule has 4 aromatic rings. The molecule has 3 heterocycles. The number of benzene rings is 1. The first-order valence-corrected chi connectivity index (χ1v) is 11.0. The molecule has 0 saturated heterocycles. The van der Waals surface area contributed by atoms with Crippen LogP contribution >= 0.6 is 0 Å². The molecule has 162 valence electrons. The minimum Gasteiger partial charge on any atom is -0.493 e. The van der Waals surface area contributed by atoms with Gasteiger partial charge in [-0.1, -0.05) is 0 Å². The molecule has 8 nitrogen and oxygen atoms in total. The lowest BCUT2D eigenvalue weighted by atomic mass is 10.1. The lowest BCUT2D eigenvalue weighted by molar-refractivity contribution is -0.117. The van der Waals surface area contributed by atoms with Gasteiger partial charge in [0.15, 0.2) is 5.58 Å². The number of carbonyl (C=O) groups is 1. The minimum atomic E-state index is 0.0156. The second-order valence-electron chi connectivity index (χ2n) is 8.55. The molecule has 2 aliphatic rings. The number of fused-ring (bicyclic) bond motifs is 2. The van der Waals surface area contributed by atoms with Crippen LogP contribution in [-0.4, -0.2) is 34.5 Å². The number of oxazole rings is 1. The molecule has 0 radical (unpaired) electrons. The van der Waals surface area contributed by atoms with E-state index in [0.29, 0.717) is 29.0 Å². The van der Waals surface area contributed by atoms with E-state index < -0.39 is 0 Å². The number of nitrogens with one attached hydrogen (secondary N) is 2. The van der Waals surface area contributed by atoms with Gasteiger partial charge >= 0.3 is 0 Å². The van der Waals surface area contributed by atoms with Crippen molar-refractivity contribution in [2.24, 2.45) is 11.8 Å². The summed E-state index contributed by atoms with van der Waals surface area (Å²) in [6, 6.07) is 7.56. The predicted molar refractivity (Wildman–Crippen MR) is 122 cm³/mol. The number of nitrogens with zero attached hydrogens (tertiary/aromatic N) is 3. The Morgan fingerprint density at radius 2 is 2.00 bits per heavy atom. The van der Waals surface area contributed by atoms with Crippen LogP contribution in [0.15, 0.2) is 41.1 Å². The Morgan fingerprint density at radius 1 is 1.12 bits per heavy atom. The molecule has 0 atom stereocenters. The van der Waals surface area contributed by atoms with Crippen molar-refractivity contribution in [2.45, 2.75) is 25.7 Å². The van der Waals surface area contributed by atoms with E-state index in [1.165, 1.54) is 12.8 Å². The van der Waals surface area contributed by atoms with Crippen molar-refractivity contribution in [2.75, 3.05) is 24.3 Å². The van der Waals surface area contributed by atoms with Crippen molar-refractivity contribution in [3.05, 3.63) is 36.7 Å². The zero-order valence-corrected chi connectivity index (χ0v) is 17.7. The lowest BCUT2D eigenvalue weighted by Crippen LogP contribution is -2.14. The molecule has 1 aromatic carbocycles. The van der Waals surface area contributed by atoms with Gasteiger partial charge in [-0.3, -0.25) is 4.79 Å². The maximum atomic E-state index is 12.2. The fraction of sp³-hybridized carbons (Fsp3) is 0.333. The molecule has 2 saturated carbocycles. The summed E-state index contributed by atoms with van der Waals surface area (Å²) >= 11 is 0. The van der Waals surface area contributed by atoms with Gasteiger partial charge in [-0.25, -0.2) is 15.0 Å². The average molecular weight is 429 g/mol. The molecule has 2 N–H and O–H groups in total. The van der Waals surface area contributed by atoms with E-state index in [2.05, 4.69) is 20.6 Å². The summed E-state index contributed by atoms with van der Waals surface area (Å²) in [7, 11) is 1.81. The van der Waals surface area contributed by atoms with Crippen LogP contribution in [0.1, 0.15) is 25.7 Å². The molecule has 0 aliphatic heterocycles. The van der Waals surface area contributed by atoms with E-state index in [9.17, 15) is 4.79 Å². The van der Waals surface area contributed by atoms with E-state index >= 15 is 0 Å². The number of rotatable bonds is 7. The highest BCUT2D eigenvalue weighted by Crippen LogP contribution is 2.36. The van der Waals surface area contributed by atoms with Gasteiger partial charge in [-0.15, -0.1) is 0 Å². The fourth-order valence-electron chi connectivity index (χ4n) is 3.76. The van der Waals surface area contributed by atoms with Crippen LogP contribution in [-0.2, 0) is 4.79 Å². The topological polar surface area (TPSA) is 102 Å². The van der Waals surface area contributed by atoms with Crippen LogP contribution in [0.3, 0.4) is 0 Å². The number of amides is 1. The van der Waals surface area contributed by atoms with Crippen molar-refractivity contribution in [3.63, 3.8) is 0 Å². The Morgan fingerprint density at radius 3 is 2.78 bits per heavy atom. The molecule has 2 aliphatic carbocycles. The summed E-state index contributed by atoms with van der Waals surface area (Å²) in [5, 5.41) is 7.68. The Balaban J connectivity index is 1.39. The molecule has 32 heavy (non-hydrogen) atoms. The molecule has 0 spiro atoms. The average Bonchev–Trinajstić information content (AvgIpc) is 3.73. The Kier molecular flexibility index (Phi) is 4.45. The summed E-state index contributed by atoms with van der Waals surface area (Å²) in [5.74, 6) is 3.27. The summed E-state index contributed by atoms with van der Waals surface area (Å²) in [6.07, 6.45) is 7.82. The number of carbonyl (C=O) groups excluding carboxylic acids is 1. The number of hydrogen-bond donors (Lipinski definition) is 2. The Bertz CT molecular complexity index is 1340. The molecular weight excluding hydrogens is 406 g/mol. The second kappa shape index (κ2) is 7.47. The van der Waals surface area contributed by atoms with Gasteiger partial charge in [-0.05, 0) is 49.8 Å². The van der Waals surface area contributed by atoms with Crippen molar-refractivity contribution in [1.82, 2.24) is 15.0 Å². The number of aromatic nitrogens is 3. The fourth-order valence-corrected chi connectivity index (χ4v) is 3.76. The third kappa shape index (κ3) is 3.62. The van der Waals surface area contributed by atoms with Crippen molar-refractivity contribution in [3.8, 4) is 17.2 Å². The van der Waals surface area contributed by atoms with Crippen molar-refractivity contribution in [1.29, 1.82) is 0 Å². The molecule has 0 bridgehead atoms. The number of ether oxygens (including phenoxy) is 1. The lowest BCUT2D eigenvalue weighted by Gasteiger charge is -2.10. The van der Waals surface area contributed by atoms with E-state index in [-0.39, 0.29) is 11.8 Å². The zero-order valence-electron chi connectivity index (χ0n) is 17.7. The number of anilines is 2. The molecule has 1 amide bonds. The first-order valence-electron chi connectivity index (χ1n) is 11.0. The largest absolute Gasteiger partial charge is 0.493 e. The van der Waals surface area contributed by atoms with Crippen LogP contribution in [0.5, 0.6) is 5.75 Å². The summed E-state index contributed by atoms with van der Waals surface area (Å²) in [5.41, 5.74) is 2.15. The number of hydrogen-bond acceptors (Lipinski definition) is 7. The third-order valence-electron chi connectivity index (χ3n) is 5.98. The highest BCUT2D eigenvalue weighted by molar-refractivity contribution is 6.03. The Hall–Kier alpha value is -3.68. The quantitative estimate of drug-likeness (QED) is 0.442. The van der Waals surface area contributed by atoms with Gasteiger partial charge in [0, 0.05) is 42.2 Å². The molecule has 3 aromatic heterocycles. The van der Waals surface area contributed by atoms with Crippen LogP contribution < -0.4 is 15.4 Å². The molecule has 0 unspecified atom stereocenters.